The van der Waals surface area contributed by atoms with Gasteiger partial charge in [0.2, 0.25) is 0 Å². The molecule has 0 bridgehead atoms. The van der Waals surface area contributed by atoms with Crippen LogP contribution in [0, 0.1) is 6.92 Å². The smallest absolute Gasteiger partial charge is 0.273 e. The van der Waals surface area contributed by atoms with E-state index >= 15 is 0 Å². The molecule has 0 radical (unpaired) electrons. The Bertz CT molecular complexity index is 902. The Hall–Kier alpha value is -2.63. The Morgan fingerprint density at radius 3 is 2.44 bits per heavy atom. The lowest BCUT2D eigenvalue weighted by molar-refractivity contribution is 0.0933. The number of nitrogens with zero attached hydrogens (tertiary/aromatic N) is 2. The van der Waals surface area contributed by atoms with Gasteiger partial charge in [-0.1, -0.05) is 46.6 Å². The number of likely N-dealkylation sites (N-methyl/N-ethyl adjacent to an activating group) is 1. The predicted octanol–water partition coefficient (Wildman–Crippen LogP) is 4.34. The summed E-state index contributed by atoms with van der Waals surface area (Å²) in [5, 5.41) is 7.47. The molecule has 1 amide bonds. The van der Waals surface area contributed by atoms with Crippen LogP contribution >= 0.6 is 11.6 Å². The molecule has 1 aromatic heterocycles. The first-order chi connectivity index (χ1) is 12.9. The van der Waals surface area contributed by atoms with Crippen molar-refractivity contribution in [2.75, 3.05) is 20.6 Å². The molecule has 0 aliphatic carbocycles. The molecular weight excluding hydrogens is 362 g/mol. The average Bonchev–Trinajstić information content (AvgIpc) is 3.14. The summed E-state index contributed by atoms with van der Waals surface area (Å²) in [6.07, 6.45) is 0. The Labute approximate surface area is 163 Å². The second kappa shape index (κ2) is 8.37. The molecule has 140 valence electrons. The van der Waals surface area contributed by atoms with Crippen molar-refractivity contribution in [3.05, 3.63) is 76.4 Å². The van der Waals surface area contributed by atoms with Gasteiger partial charge in [-0.15, -0.1) is 0 Å². The van der Waals surface area contributed by atoms with E-state index in [0.29, 0.717) is 17.3 Å². The first-order valence-corrected chi connectivity index (χ1v) is 9.05. The number of hydrogen-bond donors (Lipinski definition) is 1. The fourth-order valence-electron chi connectivity index (χ4n) is 2.80. The zero-order valence-electron chi connectivity index (χ0n) is 15.6. The summed E-state index contributed by atoms with van der Waals surface area (Å²) in [6, 6.07) is 17.2. The van der Waals surface area contributed by atoms with Crippen molar-refractivity contribution in [2.45, 2.75) is 13.0 Å². The first kappa shape index (κ1) is 19.1. The van der Waals surface area contributed by atoms with Gasteiger partial charge < -0.3 is 14.7 Å². The average molecular weight is 384 g/mol. The molecule has 1 heterocycles. The van der Waals surface area contributed by atoms with Crippen molar-refractivity contribution in [1.82, 2.24) is 15.4 Å². The van der Waals surface area contributed by atoms with Gasteiger partial charge in [0.1, 0.15) is 0 Å². The van der Waals surface area contributed by atoms with Crippen LogP contribution in [0.1, 0.15) is 27.7 Å². The largest absolute Gasteiger partial charge is 0.355 e. The van der Waals surface area contributed by atoms with Gasteiger partial charge >= 0.3 is 0 Å². The van der Waals surface area contributed by atoms with Gasteiger partial charge in [0.05, 0.1) is 6.04 Å². The number of benzene rings is 2. The van der Waals surface area contributed by atoms with Crippen LogP contribution in [-0.4, -0.2) is 36.6 Å². The van der Waals surface area contributed by atoms with E-state index in [1.165, 1.54) is 5.56 Å². The number of amides is 1. The van der Waals surface area contributed by atoms with Gasteiger partial charge in [0.25, 0.3) is 5.91 Å². The van der Waals surface area contributed by atoms with Crippen LogP contribution in [0.25, 0.3) is 11.3 Å². The SMILES string of the molecule is Cc1ccc([C@@H](CNC(=O)c2cc(-c3ccc(Cl)cc3)on2)N(C)C)cc1. The standard InChI is InChI=1S/C21H22ClN3O2/c1-14-4-6-15(7-5-14)19(25(2)3)13-23-21(26)18-12-20(27-24-18)16-8-10-17(22)11-9-16/h4-12,19H,13H2,1-3H3,(H,23,26)/t19-/m1/s1. The van der Waals surface area contributed by atoms with Gasteiger partial charge in [-0.2, -0.15) is 0 Å². The lowest BCUT2D eigenvalue weighted by Gasteiger charge is -2.25. The molecule has 0 saturated carbocycles. The third-order valence-corrected chi connectivity index (χ3v) is 4.66. The van der Waals surface area contributed by atoms with E-state index in [4.69, 9.17) is 16.1 Å². The molecule has 0 aliphatic heterocycles. The van der Waals surface area contributed by atoms with E-state index < -0.39 is 0 Å². The van der Waals surface area contributed by atoms with E-state index in [1.807, 2.05) is 26.2 Å². The van der Waals surface area contributed by atoms with E-state index in [2.05, 4.69) is 46.6 Å². The lowest BCUT2D eigenvalue weighted by Crippen LogP contribution is -2.34. The minimum Gasteiger partial charge on any atom is -0.355 e. The highest BCUT2D eigenvalue weighted by Gasteiger charge is 2.18. The van der Waals surface area contributed by atoms with Gasteiger partial charge in [0, 0.05) is 23.2 Å². The molecule has 0 saturated heterocycles. The maximum Gasteiger partial charge on any atom is 0.273 e. The minimum atomic E-state index is -0.266. The highest BCUT2D eigenvalue weighted by Crippen LogP contribution is 2.22. The zero-order valence-corrected chi connectivity index (χ0v) is 16.3. The lowest BCUT2D eigenvalue weighted by atomic mass is 10.0. The number of aromatic nitrogens is 1. The molecule has 5 nitrogen and oxygen atoms in total. The molecule has 27 heavy (non-hydrogen) atoms. The summed E-state index contributed by atoms with van der Waals surface area (Å²) in [4.78, 5) is 14.6. The van der Waals surface area contributed by atoms with E-state index in [9.17, 15) is 4.79 Å². The Kier molecular flexibility index (Phi) is 5.94. The van der Waals surface area contributed by atoms with Crippen molar-refractivity contribution in [3.8, 4) is 11.3 Å². The molecule has 0 fully saturated rings. The van der Waals surface area contributed by atoms with E-state index in [-0.39, 0.29) is 17.6 Å². The normalized spacial score (nSPS) is 12.2. The summed E-state index contributed by atoms with van der Waals surface area (Å²) < 4.78 is 5.30. The topological polar surface area (TPSA) is 58.4 Å². The van der Waals surface area contributed by atoms with Crippen molar-refractivity contribution in [3.63, 3.8) is 0 Å². The van der Waals surface area contributed by atoms with Crippen LogP contribution < -0.4 is 5.32 Å². The molecule has 0 unspecified atom stereocenters. The predicted molar refractivity (Wildman–Crippen MR) is 107 cm³/mol. The molecule has 1 atom stereocenters. The van der Waals surface area contributed by atoms with Gasteiger partial charge in [-0.05, 0) is 50.8 Å². The van der Waals surface area contributed by atoms with Gasteiger partial charge in [0.15, 0.2) is 11.5 Å². The zero-order chi connectivity index (χ0) is 19.4. The summed E-state index contributed by atoms with van der Waals surface area (Å²) in [5.41, 5.74) is 3.42. The minimum absolute atomic E-state index is 0.0668. The Morgan fingerprint density at radius 1 is 1.15 bits per heavy atom. The Balaban J connectivity index is 1.67. The highest BCUT2D eigenvalue weighted by atomic mass is 35.5. The van der Waals surface area contributed by atoms with Crippen molar-refractivity contribution in [2.24, 2.45) is 0 Å². The molecule has 3 rings (SSSR count). The molecule has 6 heteroatoms. The number of hydrogen-bond acceptors (Lipinski definition) is 4. The van der Waals surface area contributed by atoms with Crippen molar-refractivity contribution < 1.29 is 9.32 Å². The van der Waals surface area contributed by atoms with E-state index in [1.54, 1.807) is 18.2 Å². The summed E-state index contributed by atoms with van der Waals surface area (Å²) >= 11 is 5.90. The van der Waals surface area contributed by atoms with Crippen LogP contribution in [-0.2, 0) is 0 Å². The second-order valence-corrected chi connectivity index (χ2v) is 7.12. The van der Waals surface area contributed by atoms with E-state index in [0.717, 1.165) is 11.1 Å². The fourth-order valence-corrected chi connectivity index (χ4v) is 2.93. The van der Waals surface area contributed by atoms with Gasteiger partial charge in [-0.25, -0.2) is 0 Å². The molecule has 0 spiro atoms. The van der Waals surface area contributed by atoms with Crippen molar-refractivity contribution >= 4 is 17.5 Å². The molecule has 1 N–H and O–H groups in total. The summed E-state index contributed by atoms with van der Waals surface area (Å²) in [6.45, 7) is 2.52. The highest BCUT2D eigenvalue weighted by molar-refractivity contribution is 6.30. The van der Waals surface area contributed by atoms with Crippen LogP contribution in [0.15, 0.2) is 59.1 Å². The first-order valence-electron chi connectivity index (χ1n) is 8.68. The van der Waals surface area contributed by atoms with Crippen LogP contribution in [0.4, 0.5) is 0 Å². The molecular formula is C21H22ClN3O2. The van der Waals surface area contributed by atoms with Crippen LogP contribution in [0.3, 0.4) is 0 Å². The van der Waals surface area contributed by atoms with Crippen LogP contribution in [0.2, 0.25) is 5.02 Å². The van der Waals surface area contributed by atoms with Crippen LogP contribution in [0.5, 0.6) is 0 Å². The quantitative estimate of drug-likeness (QED) is 0.688. The monoisotopic (exact) mass is 383 g/mol. The third-order valence-electron chi connectivity index (χ3n) is 4.41. The maximum absolute atomic E-state index is 12.5. The number of rotatable bonds is 6. The third kappa shape index (κ3) is 4.76. The fraction of sp³-hybridized carbons (Fsp3) is 0.238. The number of aryl methyl sites for hydroxylation is 1. The summed E-state index contributed by atoms with van der Waals surface area (Å²) in [7, 11) is 3.98. The number of nitrogens with one attached hydrogen (secondary N) is 1. The molecule has 2 aromatic carbocycles. The number of carbonyl (C=O) groups is 1. The Morgan fingerprint density at radius 2 is 1.81 bits per heavy atom. The number of halogens is 1. The number of carbonyl (C=O) groups excluding carboxylic acids is 1. The second-order valence-electron chi connectivity index (χ2n) is 6.68. The van der Waals surface area contributed by atoms with Gasteiger partial charge in [-0.3, -0.25) is 4.79 Å². The summed E-state index contributed by atoms with van der Waals surface area (Å²) in [5.74, 6) is 0.262. The molecule has 3 aromatic rings. The maximum atomic E-state index is 12.5. The van der Waals surface area contributed by atoms with Crippen molar-refractivity contribution in [1.29, 1.82) is 0 Å². The molecule has 0 aliphatic rings.